The summed E-state index contributed by atoms with van der Waals surface area (Å²) in [7, 11) is 0. The molecular weight excluding hydrogens is 418 g/mol. The Kier molecular flexibility index (Phi) is 8.88. The second-order valence-electron chi connectivity index (χ2n) is 8.28. The fraction of sp³-hybridized carbons (Fsp3) is 0.545. The highest BCUT2D eigenvalue weighted by molar-refractivity contribution is 6.14. The van der Waals surface area contributed by atoms with Crippen LogP contribution in [0.2, 0.25) is 0 Å². The van der Waals surface area contributed by atoms with Crippen LogP contribution in [0.5, 0.6) is 0 Å². The molecule has 0 radical (unpaired) electrons. The minimum absolute atomic E-state index is 0.239. The van der Waals surface area contributed by atoms with Gasteiger partial charge in [0.15, 0.2) is 0 Å². The van der Waals surface area contributed by atoms with E-state index in [-0.39, 0.29) is 13.0 Å². The lowest BCUT2D eigenvalue weighted by Crippen LogP contribution is -2.69. The zero-order valence-electron chi connectivity index (χ0n) is 18.3. The van der Waals surface area contributed by atoms with Gasteiger partial charge in [0.05, 0.1) is 12.6 Å². The van der Waals surface area contributed by atoms with E-state index in [1.165, 1.54) is 0 Å². The van der Waals surface area contributed by atoms with Crippen LogP contribution >= 0.6 is 0 Å². The predicted octanol–water partition coefficient (Wildman–Crippen LogP) is 0.0261. The molecule has 2 rings (SSSR count). The van der Waals surface area contributed by atoms with Crippen molar-refractivity contribution in [2.45, 2.75) is 57.3 Å². The molecule has 1 aromatic rings. The Morgan fingerprint density at radius 1 is 1.25 bits per heavy atom. The minimum atomic E-state index is -2.63. The number of ether oxygens (including phenoxy) is 1. The first-order valence-corrected chi connectivity index (χ1v) is 10.6. The van der Waals surface area contributed by atoms with Crippen LogP contribution in [-0.2, 0) is 30.5 Å². The Labute approximate surface area is 186 Å². The van der Waals surface area contributed by atoms with Crippen LogP contribution in [0.3, 0.4) is 0 Å². The normalized spacial score (nSPS) is 18.6. The number of imide groups is 1. The van der Waals surface area contributed by atoms with E-state index in [2.05, 4.69) is 5.32 Å². The van der Waals surface area contributed by atoms with E-state index in [0.29, 0.717) is 29.8 Å². The van der Waals surface area contributed by atoms with Crippen molar-refractivity contribution in [2.24, 2.45) is 11.7 Å². The molecule has 10 heteroatoms. The van der Waals surface area contributed by atoms with Crippen LogP contribution in [0.1, 0.15) is 38.7 Å². The van der Waals surface area contributed by atoms with Crippen LogP contribution in [0.15, 0.2) is 30.3 Å². The van der Waals surface area contributed by atoms with Crippen molar-refractivity contribution in [3.63, 3.8) is 0 Å². The van der Waals surface area contributed by atoms with Gasteiger partial charge < -0.3 is 26.0 Å². The molecule has 1 aromatic carbocycles. The van der Waals surface area contributed by atoms with Gasteiger partial charge in [0.2, 0.25) is 17.4 Å². The molecule has 1 fully saturated rings. The number of carboxylic acid groups (broad SMARTS) is 1. The number of nitrogens with one attached hydrogen (secondary N) is 1. The summed E-state index contributed by atoms with van der Waals surface area (Å²) in [6.07, 6.45) is 0.638. The van der Waals surface area contributed by atoms with Gasteiger partial charge in [-0.3, -0.25) is 14.5 Å². The molecule has 10 nitrogen and oxygen atoms in total. The number of hydrogen-bond donors (Lipinski definition) is 4. The fourth-order valence-electron chi connectivity index (χ4n) is 3.75. The van der Waals surface area contributed by atoms with Crippen molar-refractivity contribution in [3.8, 4) is 0 Å². The summed E-state index contributed by atoms with van der Waals surface area (Å²) in [4.78, 5) is 52.8. The minimum Gasteiger partial charge on any atom is -0.479 e. The van der Waals surface area contributed by atoms with Crippen LogP contribution in [0.25, 0.3) is 0 Å². The van der Waals surface area contributed by atoms with E-state index in [0.717, 1.165) is 0 Å². The number of esters is 1. The number of aliphatic hydroxyl groups excluding tert-OH is 1. The molecule has 3 atom stereocenters. The molecule has 3 unspecified atom stereocenters. The summed E-state index contributed by atoms with van der Waals surface area (Å²) >= 11 is 0. The SMILES string of the molecule is CC(C)CC(C(=O)O)(C(=O)OCc1ccccc1)N(C(=O)C(N)CO)C(=O)C1CCCN1. The van der Waals surface area contributed by atoms with Crippen molar-refractivity contribution in [1.29, 1.82) is 0 Å². The maximum absolute atomic E-state index is 13.4. The monoisotopic (exact) mass is 449 g/mol. The zero-order valence-corrected chi connectivity index (χ0v) is 18.3. The molecule has 32 heavy (non-hydrogen) atoms. The first-order valence-electron chi connectivity index (χ1n) is 10.6. The van der Waals surface area contributed by atoms with Gasteiger partial charge in [-0.25, -0.2) is 9.59 Å². The Bertz CT molecular complexity index is 824. The molecule has 0 bridgehead atoms. The second-order valence-corrected chi connectivity index (χ2v) is 8.28. The average molecular weight is 450 g/mol. The number of benzene rings is 1. The summed E-state index contributed by atoms with van der Waals surface area (Å²) < 4.78 is 5.32. The lowest BCUT2D eigenvalue weighted by molar-refractivity contribution is -0.184. The number of carbonyl (C=O) groups excluding carboxylic acids is 3. The highest BCUT2D eigenvalue weighted by Gasteiger charge is 2.59. The number of carboxylic acids is 1. The predicted molar refractivity (Wildman–Crippen MR) is 114 cm³/mol. The molecule has 0 saturated carbocycles. The maximum atomic E-state index is 13.4. The van der Waals surface area contributed by atoms with Gasteiger partial charge in [0.25, 0.3) is 0 Å². The van der Waals surface area contributed by atoms with E-state index in [1.807, 2.05) is 0 Å². The first-order chi connectivity index (χ1) is 15.1. The molecule has 5 N–H and O–H groups in total. The van der Waals surface area contributed by atoms with Crippen LogP contribution in [0, 0.1) is 5.92 Å². The van der Waals surface area contributed by atoms with Crippen molar-refractivity contribution in [3.05, 3.63) is 35.9 Å². The summed E-state index contributed by atoms with van der Waals surface area (Å²) in [5.41, 5.74) is 3.67. The third kappa shape index (κ3) is 5.50. The molecule has 2 amide bonds. The van der Waals surface area contributed by atoms with Crippen molar-refractivity contribution in [1.82, 2.24) is 10.2 Å². The molecule has 1 aliphatic rings. The van der Waals surface area contributed by atoms with Gasteiger partial charge in [-0.05, 0) is 37.3 Å². The molecule has 1 saturated heterocycles. The van der Waals surface area contributed by atoms with Gasteiger partial charge in [-0.2, -0.15) is 0 Å². The number of carbonyl (C=O) groups is 4. The van der Waals surface area contributed by atoms with Crippen LogP contribution < -0.4 is 11.1 Å². The molecule has 176 valence electrons. The largest absolute Gasteiger partial charge is 0.479 e. The van der Waals surface area contributed by atoms with E-state index < -0.39 is 53.9 Å². The number of rotatable bonds is 10. The number of aliphatic carboxylic acids is 1. The lowest BCUT2D eigenvalue weighted by Gasteiger charge is -2.40. The Hall–Kier alpha value is -2.82. The molecule has 1 aliphatic heterocycles. The summed E-state index contributed by atoms with van der Waals surface area (Å²) in [6.45, 7) is 2.77. The molecule has 0 aromatic heterocycles. The van der Waals surface area contributed by atoms with Crippen molar-refractivity contribution in [2.75, 3.05) is 13.2 Å². The summed E-state index contributed by atoms with van der Waals surface area (Å²) in [6, 6.07) is 6.19. The van der Waals surface area contributed by atoms with Crippen molar-refractivity contribution >= 4 is 23.8 Å². The average Bonchev–Trinajstić information content (AvgIpc) is 3.31. The standard InChI is InChI=1S/C22H31N3O7/c1-14(2)11-22(20(29)30,21(31)32-13-15-7-4-3-5-8-15)25(18(27)16(23)12-26)19(28)17-9-6-10-24-17/h3-5,7-8,14,16-17,24,26H,6,9-13,23H2,1-2H3,(H,29,30). The van der Waals surface area contributed by atoms with Crippen LogP contribution in [-0.4, -0.2) is 69.6 Å². The van der Waals surface area contributed by atoms with Gasteiger partial charge in [-0.1, -0.05) is 44.2 Å². The Morgan fingerprint density at radius 3 is 2.41 bits per heavy atom. The van der Waals surface area contributed by atoms with E-state index >= 15 is 0 Å². The van der Waals surface area contributed by atoms with E-state index in [1.54, 1.807) is 44.2 Å². The van der Waals surface area contributed by atoms with Gasteiger partial charge in [-0.15, -0.1) is 0 Å². The lowest BCUT2D eigenvalue weighted by atomic mass is 9.85. The quantitative estimate of drug-likeness (QED) is 0.285. The van der Waals surface area contributed by atoms with Gasteiger partial charge in [0.1, 0.15) is 12.6 Å². The maximum Gasteiger partial charge on any atom is 0.344 e. The zero-order chi connectivity index (χ0) is 23.9. The molecule has 1 heterocycles. The Morgan fingerprint density at radius 2 is 1.91 bits per heavy atom. The summed E-state index contributed by atoms with van der Waals surface area (Å²) in [5.74, 6) is -5.37. The molecule has 0 spiro atoms. The third-order valence-corrected chi connectivity index (χ3v) is 5.30. The highest BCUT2D eigenvalue weighted by atomic mass is 16.5. The number of hydrogen-bond acceptors (Lipinski definition) is 8. The smallest absolute Gasteiger partial charge is 0.344 e. The highest BCUT2D eigenvalue weighted by Crippen LogP contribution is 2.30. The van der Waals surface area contributed by atoms with E-state index in [9.17, 15) is 29.4 Å². The summed E-state index contributed by atoms with van der Waals surface area (Å²) in [5, 5.41) is 22.6. The Balaban J connectivity index is 2.54. The first kappa shape index (κ1) is 25.4. The number of nitrogens with zero attached hydrogens (tertiary/aromatic N) is 1. The third-order valence-electron chi connectivity index (χ3n) is 5.30. The fourth-order valence-corrected chi connectivity index (χ4v) is 3.75. The molecule has 0 aliphatic carbocycles. The van der Waals surface area contributed by atoms with E-state index in [4.69, 9.17) is 10.5 Å². The van der Waals surface area contributed by atoms with Crippen molar-refractivity contribution < 1.29 is 34.1 Å². The van der Waals surface area contributed by atoms with Gasteiger partial charge in [0, 0.05) is 0 Å². The number of aliphatic hydroxyl groups is 1. The van der Waals surface area contributed by atoms with Crippen LogP contribution in [0.4, 0.5) is 0 Å². The van der Waals surface area contributed by atoms with Gasteiger partial charge >= 0.3 is 11.9 Å². The number of nitrogens with two attached hydrogens (primary N) is 1. The molecular formula is C22H31N3O7. The second kappa shape index (κ2) is 11.2. The number of amides is 2. The topological polar surface area (TPSA) is 159 Å².